The SMILES string of the molecule is CCC(C)[C@H](CC(=O)[C@@]1(NC(=O)[C@@H](CC(=O)Cc2ccccc2F)C(C)CC)CCc2[nH]c3c(C(F)(F)F)cccc3c2C1)C(=O)NOC. The third-order valence-electron chi connectivity index (χ3n) is 10.2. The number of halogens is 4. The molecule has 0 fully saturated rings. The number of aryl methyl sites for hydroxylation is 1. The molecule has 1 heterocycles. The highest BCUT2D eigenvalue weighted by atomic mass is 19.4. The van der Waals surface area contributed by atoms with E-state index < -0.39 is 52.5 Å². The minimum atomic E-state index is -4.62. The van der Waals surface area contributed by atoms with E-state index in [1.54, 1.807) is 12.1 Å². The molecule has 8 nitrogen and oxygen atoms in total. The van der Waals surface area contributed by atoms with E-state index in [2.05, 4.69) is 15.8 Å². The average Bonchev–Trinajstić information content (AvgIpc) is 3.43. The van der Waals surface area contributed by atoms with Gasteiger partial charge in [-0.1, -0.05) is 70.9 Å². The monoisotopic (exact) mass is 687 g/mol. The quantitative estimate of drug-likeness (QED) is 0.120. The summed E-state index contributed by atoms with van der Waals surface area (Å²) in [7, 11) is 1.28. The fraction of sp³-hybridized carbons (Fsp3) is 0.514. The molecular formula is C37H45F4N3O5. The van der Waals surface area contributed by atoms with Crippen molar-refractivity contribution in [1.82, 2.24) is 15.8 Å². The van der Waals surface area contributed by atoms with Crippen LogP contribution in [0.5, 0.6) is 0 Å². The van der Waals surface area contributed by atoms with E-state index in [4.69, 9.17) is 4.84 Å². The zero-order chi connectivity index (χ0) is 36.1. The number of aromatic amines is 1. The molecule has 3 aromatic rings. The summed E-state index contributed by atoms with van der Waals surface area (Å²) in [6, 6.07) is 9.77. The van der Waals surface area contributed by atoms with Gasteiger partial charge in [-0.15, -0.1) is 0 Å². The van der Waals surface area contributed by atoms with Crippen molar-refractivity contribution in [3.63, 3.8) is 0 Å². The van der Waals surface area contributed by atoms with Gasteiger partial charge in [-0.3, -0.25) is 24.0 Å². The Labute approximate surface area is 283 Å². The van der Waals surface area contributed by atoms with Crippen molar-refractivity contribution < 1.29 is 41.6 Å². The highest BCUT2D eigenvalue weighted by molar-refractivity contribution is 5.99. The second kappa shape index (κ2) is 15.7. The van der Waals surface area contributed by atoms with Gasteiger partial charge in [-0.05, 0) is 47.9 Å². The second-order valence-corrected chi connectivity index (χ2v) is 13.3. The van der Waals surface area contributed by atoms with E-state index in [-0.39, 0.29) is 67.2 Å². The van der Waals surface area contributed by atoms with E-state index in [0.29, 0.717) is 29.5 Å². The van der Waals surface area contributed by atoms with Gasteiger partial charge in [0.1, 0.15) is 17.1 Å². The molecule has 2 amide bonds. The Hall–Kier alpha value is -4.06. The number of nitrogens with one attached hydrogen (secondary N) is 3. The molecule has 49 heavy (non-hydrogen) atoms. The first-order valence-corrected chi connectivity index (χ1v) is 16.8. The number of H-pyrrole nitrogens is 1. The largest absolute Gasteiger partial charge is 0.418 e. The molecule has 3 N–H and O–H groups in total. The first-order chi connectivity index (χ1) is 23.1. The van der Waals surface area contributed by atoms with E-state index >= 15 is 0 Å². The molecule has 2 aromatic carbocycles. The average molecular weight is 688 g/mol. The molecule has 0 bridgehead atoms. The molecule has 4 rings (SSSR count). The van der Waals surface area contributed by atoms with Gasteiger partial charge in [-0.2, -0.15) is 13.2 Å². The van der Waals surface area contributed by atoms with Crippen LogP contribution in [0.15, 0.2) is 42.5 Å². The van der Waals surface area contributed by atoms with Gasteiger partial charge in [0.15, 0.2) is 5.78 Å². The number of Topliss-reactive ketones (excluding diaryl/α,β-unsaturated/α-hetero) is 2. The third-order valence-corrected chi connectivity index (χ3v) is 10.2. The Balaban J connectivity index is 1.74. The Kier molecular flexibility index (Phi) is 12.1. The van der Waals surface area contributed by atoms with Crippen LogP contribution in [0, 0.1) is 29.5 Å². The predicted octanol–water partition coefficient (Wildman–Crippen LogP) is 6.83. The molecule has 1 aromatic heterocycles. The summed E-state index contributed by atoms with van der Waals surface area (Å²) in [6.45, 7) is 7.40. The number of para-hydroxylation sites is 1. The molecule has 0 saturated heterocycles. The number of hydrogen-bond donors (Lipinski definition) is 3. The number of hydroxylamine groups is 1. The normalized spacial score (nSPS) is 18.6. The van der Waals surface area contributed by atoms with Gasteiger partial charge in [-0.25, -0.2) is 9.87 Å². The van der Waals surface area contributed by atoms with E-state index in [0.717, 1.165) is 6.07 Å². The van der Waals surface area contributed by atoms with Gasteiger partial charge in [0.2, 0.25) is 11.8 Å². The molecule has 0 aliphatic heterocycles. The Morgan fingerprint density at radius 2 is 1.59 bits per heavy atom. The maximum atomic E-state index is 14.5. The molecule has 0 radical (unpaired) electrons. The van der Waals surface area contributed by atoms with Gasteiger partial charge in [0.05, 0.1) is 18.2 Å². The zero-order valence-corrected chi connectivity index (χ0v) is 28.6. The van der Waals surface area contributed by atoms with Crippen molar-refractivity contribution in [2.75, 3.05) is 7.11 Å². The van der Waals surface area contributed by atoms with Crippen LogP contribution in [0.1, 0.15) is 82.2 Å². The number of amides is 2. The summed E-state index contributed by atoms with van der Waals surface area (Å²) in [5, 5.41) is 3.28. The molecular weight excluding hydrogens is 642 g/mol. The summed E-state index contributed by atoms with van der Waals surface area (Å²) in [5.41, 5.74) is 1.04. The standard InChI is InChI=1S/C37H45F4N3O5/c1-6-21(3)26(18-24(45)17-23-11-8-9-14-30(23)38)34(47)43-36(32(46)19-27(22(4)7-2)35(48)44-49-5)16-15-31-28(20-36)25-12-10-13-29(33(25)42-31)37(39,40)41/h8-14,21-22,26-27,42H,6-7,15-20H2,1-5H3,(H,43,47)(H,44,48)/t21?,22?,26-,27-,36+/m0/s1. The smallest absolute Gasteiger partial charge is 0.358 e. The lowest BCUT2D eigenvalue weighted by Gasteiger charge is -2.39. The van der Waals surface area contributed by atoms with Crippen LogP contribution in [0.3, 0.4) is 0 Å². The maximum Gasteiger partial charge on any atom is 0.418 e. The van der Waals surface area contributed by atoms with Crippen LogP contribution in [-0.2, 0) is 49.5 Å². The minimum Gasteiger partial charge on any atom is -0.358 e. The number of carbonyl (C=O) groups is 4. The second-order valence-electron chi connectivity index (χ2n) is 13.3. The molecule has 12 heteroatoms. The van der Waals surface area contributed by atoms with Gasteiger partial charge in [0, 0.05) is 48.6 Å². The maximum absolute atomic E-state index is 14.5. The van der Waals surface area contributed by atoms with Crippen molar-refractivity contribution in [2.24, 2.45) is 23.7 Å². The van der Waals surface area contributed by atoms with Crippen molar-refractivity contribution in [2.45, 2.75) is 90.8 Å². The predicted molar refractivity (Wildman–Crippen MR) is 177 cm³/mol. The van der Waals surface area contributed by atoms with Gasteiger partial charge in [0.25, 0.3) is 0 Å². The number of aromatic nitrogens is 1. The third kappa shape index (κ3) is 8.40. The summed E-state index contributed by atoms with van der Waals surface area (Å²) < 4.78 is 56.2. The first-order valence-electron chi connectivity index (χ1n) is 16.8. The lowest BCUT2D eigenvalue weighted by molar-refractivity contribution is -0.142. The zero-order valence-electron chi connectivity index (χ0n) is 28.6. The van der Waals surface area contributed by atoms with Crippen molar-refractivity contribution in [3.05, 3.63) is 70.7 Å². The molecule has 0 saturated carbocycles. The number of benzene rings is 2. The van der Waals surface area contributed by atoms with Gasteiger partial charge < -0.3 is 10.3 Å². The van der Waals surface area contributed by atoms with Crippen LogP contribution in [0.25, 0.3) is 10.9 Å². The highest BCUT2D eigenvalue weighted by Crippen LogP contribution is 2.41. The molecule has 0 spiro atoms. The van der Waals surface area contributed by atoms with Crippen LogP contribution in [-0.4, -0.2) is 41.0 Å². The van der Waals surface area contributed by atoms with Crippen LogP contribution < -0.4 is 10.8 Å². The summed E-state index contributed by atoms with van der Waals surface area (Å²) in [5.74, 6) is -4.56. The number of carbonyl (C=O) groups excluding carboxylic acids is 4. The van der Waals surface area contributed by atoms with Crippen molar-refractivity contribution in [1.29, 1.82) is 0 Å². The molecule has 5 atom stereocenters. The lowest BCUT2D eigenvalue weighted by atomic mass is 9.72. The van der Waals surface area contributed by atoms with Gasteiger partial charge >= 0.3 is 6.18 Å². The fourth-order valence-electron chi connectivity index (χ4n) is 6.87. The number of fused-ring (bicyclic) bond motifs is 3. The number of rotatable bonds is 15. The summed E-state index contributed by atoms with van der Waals surface area (Å²) in [6.07, 6.45) is -4.06. The van der Waals surface area contributed by atoms with E-state index in [1.165, 1.54) is 31.4 Å². The Morgan fingerprint density at radius 3 is 2.20 bits per heavy atom. The fourth-order valence-corrected chi connectivity index (χ4v) is 6.87. The number of ketones is 2. The van der Waals surface area contributed by atoms with E-state index in [9.17, 15) is 36.7 Å². The first kappa shape index (κ1) is 37.8. The Morgan fingerprint density at radius 1 is 0.939 bits per heavy atom. The Bertz CT molecular complexity index is 1690. The van der Waals surface area contributed by atoms with Crippen LogP contribution in [0.2, 0.25) is 0 Å². The summed E-state index contributed by atoms with van der Waals surface area (Å²) >= 11 is 0. The van der Waals surface area contributed by atoms with Crippen LogP contribution in [0.4, 0.5) is 17.6 Å². The highest BCUT2D eigenvalue weighted by Gasteiger charge is 2.47. The topological polar surface area (TPSA) is 117 Å². The molecule has 1 aliphatic rings. The van der Waals surface area contributed by atoms with E-state index in [1.807, 2.05) is 27.7 Å². The molecule has 266 valence electrons. The minimum absolute atomic E-state index is 0.0638. The molecule has 2 unspecified atom stereocenters. The summed E-state index contributed by atoms with van der Waals surface area (Å²) in [4.78, 5) is 62.8. The number of hydrogen-bond acceptors (Lipinski definition) is 5. The molecule has 1 aliphatic carbocycles. The van der Waals surface area contributed by atoms with Crippen molar-refractivity contribution >= 4 is 34.3 Å². The lowest BCUT2D eigenvalue weighted by Crippen LogP contribution is -2.60. The van der Waals surface area contributed by atoms with Crippen molar-refractivity contribution in [3.8, 4) is 0 Å². The number of alkyl halides is 3. The van der Waals surface area contributed by atoms with Crippen LogP contribution >= 0.6 is 0 Å².